The maximum atomic E-state index is 12.1. The minimum atomic E-state index is -0.248. The highest BCUT2D eigenvalue weighted by atomic mass is 16.6. The van der Waals surface area contributed by atoms with E-state index in [0.717, 1.165) is 12.8 Å². The third-order valence-corrected chi connectivity index (χ3v) is 3.82. The zero-order valence-corrected chi connectivity index (χ0v) is 13.5. The van der Waals surface area contributed by atoms with Gasteiger partial charge in [-0.1, -0.05) is 48.0 Å². The molecule has 1 amide bonds. The van der Waals surface area contributed by atoms with Crippen LogP contribution in [0.25, 0.3) is 0 Å². The smallest absolute Gasteiger partial charge is 0.407 e. The van der Waals surface area contributed by atoms with Crippen molar-refractivity contribution in [1.29, 1.82) is 0 Å². The Labute approximate surface area is 118 Å². The van der Waals surface area contributed by atoms with Crippen molar-refractivity contribution in [2.24, 2.45) is 10.8 Å². The molecule has 0 heterocycles. The molecule has 0 saturated heterocycles. The molecule has 0 aromatic carbocycles. The van der Waals surface area contributed by atoms with Crippen LogP contribution in [-0.2, 0) is 4.74 Å². The third-order valence-electron chi connectivity index (χ3n) is 3.82. The summed E-state index contributed by atoms with van der Waals surface area (Å²) in [5, 5.41) is 3.08. The van der Waals surface area contributed by atoms with Crippen molar-refractivity contribution in [1.82, 2.24) is 5.32 Å². The Morgan fingerprint density at radius 2 is 1.47 bits per heavy atom. The van der Waals surface area contributed by atoms with E-state index in [1.54, 1.807) is 0 Å². The van der Waals surface area contributed by atoms with Crippen molar-refractivity contribution in [3.8, 4) is 0 Å². The second-order valence-electron chi connectivity index (χ2n) is 7.97. The highest BCUT2D eigenvalue weighted by Crippen LogP contribution is 2.33. The lowest BCUT2D eigenvalue weighted by Crippen LogP contribution is -2.52. The van der Waals surface area contributed by atoms with Crippen molar-refractivity contribution in [3.63, 3.8) is 0 Å². The highest BCUT2D eigenvalue weighted by Gasteiger charge is 2.36. The van der Waals surface area contributed by atoms with Crippen LogP contribution in [0.2, 0.25) is 0 Å². The maximum Gasteiger partial charge on any atom is 0.407 e. The largest absolute Gasteiger partial charge is 0.446 e. The lowest BCUT2D eigenvalue weighted by molar-refractivity contribution is 0.0563. The molecule has 1 N–H and O–H groups in total. The van der Waals surface area contributed by atoms with Crippen LogP contribution in [0.15, 0.2) is 0 Å². The predicted octanol–water partition coefficient (Wildman–Crippen LogP) is 4.51. The van der Waals surface area contributed by atoms with Crippen molar-refractivity contribution in [2.45, 2.75) is 85.8 Å². The lowest BCUT2D eigenvalue weighted by Gasteiger charge is -2.41. The summed E-state index contributed by atoms with van der Waals surface area (Å²) in [6.07, 6.45) is 5.54. The van der Waals surface area contributed by atoms with E-state index in [1.807, 2.05) is 0 Å². The second kappa shape index (κ2) is 6.15. The molecule has 0 spiro atoms. The first kappa shape index (κ1) is 16.3. The molecule has 0 radical (unpaired) electrons. The Balaban J connectivity index is 2.56. The molecule has 1 saturated carbocycles. The van der Waals surface area contributed by atoms with Crippen molar-refractivity contribution >= 4 is 6.09 Å². The summed E-state index contributed by atoms with van der Waals surface area (Å²) >= 11 is 0. The Hall–Kier alpha value is -0.730. The number of carbonyl (C=O) groups excluding carboxylic acids is 1. The summed E-state index contributed by atoms with van der Waals surface area (Å²) in [6.45, 7) is 12.9. The molecule has 0 aliphatic heterocycles. The summed E-state index contributed by atoms with van der Waals surface area (Å²) in [7, 11) is 0. The number of alkyl carbamates (subject to hydrolysis) is 1. The van der Waals surface area contributed by atoms with Crippen LogP contribution in [0.5, 0.6) is 0 Å². The van der Waals surface area contributed by atoms with Crippen LogP contribution in [0.3, 0.4) is 0 Å². The van der Waals surface area contributed by atoms with Gasteiger partial charge in [0.1, 0.15) is 6.10 Å². The molecule has 0 aromatic heterocycles. The molecular formula is C16H31NO2. The summed E-state index contributed by atoms with van der Waals surface area (Å²) < 4.78 is 5.56. The van der Waals surface area contributed by atoms with Gasteiger partial charge in [-0.2, -0.15) is 0 Å². The molecule has 0 aromatic rings. The highest BCUT2D eigenvalue weighted by molar-refractivity contribution is 5.68. The number of carbonyl (C=O) groups is 1. The fourth-order valence-electron chi connectivity index (χ4n) is 3.22. The van der Waals surface area contributed by atoms with E-state index >= 15 is 0 Å². The zero-order valence-electron chi connectivity index (χ0n) is 13.5. The third kappa shape index (κ3) is 5.42. The van der Waals surface area contributed by atoms with Gasteiger partial charge in [0.05, 0.1) is 0 Å². The van der Waals surface area contributed by atoms with E-state index in [2.05, 4.69) is 46.9 Å². The van der Waals surface area contributed by atoms with Crippen LogP contribution in [0, 0.1) is 10.8 Å². The number of amides is 1. The van der Waals surface area contributed by atoms with Gasteiger partial charge in [-0.05, 0) is 36.5 Å². The standard InChI is InChI=1S/C16H31NO2/c1-15(2,3)13(16(4,5)6)17-14(18)19-12-10-8-7-9-11-12/h12-13H,7-11H2,1-6H3,(H,17,18). The van der Waals surface area contributed by atoms with Crippen LogP contribution in [0.4, 0.5) is 4.79 Å². The summed E-state index contributed by atoms with van der Waals surface area (Å²) in [5.41, 5.74) is 0.0354. The van der Waals surface area contributed by atoms with E-state index in [-0.39, 0.29) is 29.1 Å². The Morgan fingerprint density at radius 3 is 1.89 bits per heavy atom. The summed E-state index contributed by atoms with van der Waals surface area (Å²) in [5.74, 6) is 0. The van der Waals surface area contributed by atoms with Gasteiger partial charge < -0.3 is 10.1 Å². The molecule has 1 rings (SSSR count). The van der Waals surface area contributed by atoms with E-state index in [9.17, 15) is 4.79 Å². The fraction of sp³-hybridized carbons (Fsp3) is 0.938. The van der Waals surface area contributed by atoms with Crippen LogP contribution < -0.4 is 5.32 Å². The quantitative estimate of drug-likeness (QED) is 0.801. The first-order valence-electron chi connectivity index (χ1n) is 7.58. The Bertz CT molecular complexity index is 279. The van der Waals surface area contributed by atoms with Gasteiger partial charge in [-0.3, -0.25) is 0 Å². The Kier molecular flexibility index (Phi) is 5.28. The van der Waals surface area contributed by atoms with E-state index in [1.165, 1.54) is 19.3 Å². The van der Waals surface area contributed by atoms with E-state index in [4.69, 9.17) is 4.74 Å². The number of hydrogen-bond donors (Lipinski definition) is 1. The number of ether oxygens (including phenoxy) is 1. The second-order valence-corrected chi connectivity index (χ2v) is 7.97. The van der Waals surface area contributed by atoms with Crippen LogP contribution in [0.1, 0.15) is 73.6 Å². The van der Waals surface area contributed by atoms with Gasteiger partial charge in [-0.25, -0.2) is 4.79 Å². The average Bonchev–Trinajstić information content (AvgIpc) is 2.24. The molecular weight excluding hydrogens is 238 g/mol. The normalized spacial score (nSPS) is 18.5. The minimum Gasteiger partial charge on any atom is -0.446 e. The number of rotatable bonds is 2. The molecule has 0 bridgehead atoms. The molecule has 3 nitrogen and oxygen atoms in total. The molecule has 112 valence electrons. The van der Waals surface area contributed by atoms with Crippen LogP contribution >= 0.6 is 0 Å². The number of nitrogens with one attached hydrogen (secondary N) is 1. The van der Waals surface area contributed by atoms with Gasteiger partial charge >= 0.3 is 6.09 Å². The first-order chi connectivity index (χ1) is 8.60. The monoisotopic (exact) mass is 269 g/mol. The molecule has 1 aliphatic rings. The molecule has 0 unspecified atom stereocenters. The average molecular weight is 269 g/mol. The lowest BCUT2D eigenvalue weighted by atomic mass is 9.72. The van der Waals surface area contributed by atoms with Gasteiger partial charge in [0.2, 0.25) is 0 Å². The molecule has 3 heteroatoms. The van der Waals surface area contributed by atoms with Gasteiger partial charge in [-0.15, -0.1) is 0 Å². The summed E-state index contributed by atoms with van der Waals surface area (Å²) in [6, 6.07) is 0.0936. The predicted molar refractivity (Wildman–Crippen MR) is 79.2 cm³/mol. The number of hydrogen-bond acceptors (Lipinski definition) is 2. The topological polar surface area (TPSA) is 38.3 Å². The minimum absolute atomic E-state index is 0.0177. The Morgan fingerprint density at radius 1 is 1.00 bits per heavy atom. The molecule has 1 fully saturated rings. The van der Waals surface area contributed by atoms with E-state index in [0.29, 0.717) is 0 Å². The van der Waals surface area contributed by atoms with E-state index < -0.39 is 0 Å². The van der Waals surface area contributed by atoms with Gasteiger partial charge in [0, 0.05) is 6.04 Å². The van der Waals surface area contributed by atoms with Crippen LogP contribution in [-0.4, -0.2) is 18.2 Å². The maximum absolute atomic E-state index is 12.1. The van der Waals surface area contributed by atoms with Gasteiger partial charge in [0.25, 0.3) is 0 Å². The first-order valence-corrected chi connectivity index (χ1v) is 7.58. The zero-order chi connectivity index (χ0) is 14.7. The summed E-state index contributed by atoms with van der Waals surface area (Å²) in [4.78, 5) is 12.1. The molecule has 19 heavy (non-hydrogen) atoms. The van der Waals surface area contributed by atoms with Crippen molar-refractivity contribution in [2.75, 3.05) is 0 Å². The molecule has 0 atom stereocenters. The van der Waals surface area contributed by atoms with Crippen molar-refractivity contribution < 1.29 is 9.53 Å². The van der Waals surface area contributed by atoms with Crippen molar-refractivity contribution in [3.05, 3.63) is 0 Å². The van der Waals surface area contributed by atoms with Gasteiger partial charge in [0.15, 0.2) is 0 Å². The SMILES string of the molecule is CC(C)(C)C(NC(=O)OC1CCCCC1)C(C)(C)C. The fourth-order valence-corrected chi connectivity index (χ4v) is 3.22. The molecule has 1 aliphatic carbocycles.